The first-order chi connectivity index (χ1) is 7.59. The highest BCUT2D eigenvalue weighted by Gasteiger charge is 2.16. The lowest BCUT2D eigenvalue weighted by atomic mass is 10.0. The molecule has 0 spiro atoms. The van der Waals surface area contributed by atoms with E-state index < -0.39 is 5.97 Å². The smallest absolute Gasteiger partial charge is 0.304 e. The highest BCUT2D eigenvalue weighted by molar-refractivity contribution is 6.29. The van der Waals surface area contributed by atoms with Crippen molar-refractivity contribution in [3.8, 4) is 0 Å². The maximum absolute atomic E-state index is 10.6. The van der Waals surface area contributed by atoms with Crippen molar-refractivity contribution in [2.45, 2.75) is 19.3 Å². The molecule has 0 radical (unpaired) electrons. The Balaban J connectivity index is 2.48. The third kappa shape index (κ3) is 1.86. The van der Waals surface area contributed by atoms with Gasteiger partial charge in [0.05, 0.1) is 18.3 Å². The van der Waals surface area contributed by atoms with E-state index in [1.54, 1.807) is 23.7 Å². The van der Waals surface area contributed by atoms with Crippen LogP contribution in [0.4, 0.5) is 0 Å². The molecule has 0 aliphatic carbocycles. The second-order valence-electron chi connectivity index (χ2n) is 3.59. The topological polar surface area (TPSA) is 67.5 Å². The van der Waals surface area contributed by atoms with Crippen molar-refractivity contribution in [3.05, 3.63) is 29.4 Å². The molecule has 5 nitrogen and oxygen atoms in total. The number of aromatic nitrogens is 3. The maximum Gasteiger partial charge on any atom is 0.304 e. The fraction of sp³-hybridized carbons (Fsp3) is 0.300. The average Bonchev–Trinajstić information content (AvgIpc) is 2.59. The summed E-state index contributed by atoms with van der Waals surface area (Å²) in [5.74, 6) is -1.05. The Hall–Kier alpha value is -1.62. The van der Waals surface area contributed by atoms with Crippen LogP contribution >= 0.6 is 11.6 Å². The van der Waals surface area contributed by atoms with Gasteiger partial charge in [-0.1, -0.05) is 18.5 Å². The molecule has 84 valence electrons. The van der Waals surface area contributed by atoms with Gasteiger partial charge in [0, 0.05) is 18.3 Å². The first kappa shape index (κ1) is 10.9. The average molecular weight is 240 g/mol. The van der Waals surface area contributed by atoms with Crippen molar-refractivity contribution in [3.63, 3.8) is 0 Å². The summed E-state index contributed by atoms with van der Waals surface area (Å²) < 4.78 is 1.68. The van der Waals surface area contributed by atoms with Crippen LogP contribution in [0.15, 0.2) is 18.6 Å². The van der Waals surface area contributed by atoms with E-state index >= 15 is 0 Å². The molecule has 0 amide bonds. The second-order valence-corrected chi connectivity index (χ2v) is 3.97. The van der Waals surface area contributed by atoms with Crippen LogP contribution < -0.4 is 0 Å². The number of carboxylic acid groups (broad SMARTS) is 1. The third-order valence-electron chi connectivity index (χ3n) is 2.36. The largest absolute Gasteiger partial charge is 0.481 e. The summed E-state index contributed by atoms with van der Waals surface area (Å²) in [5.41, 5.74) is 1.26. The Morgan fingerprint density at radius 2 is 2.38 bits per heavy atom. The number of aliphatic carboxylic acids is 1. The van der Waals surface area contributed by atoms with Gasteiger partial charge >= 0.3 is 5.97 Å². The predicted octanol–water partition coefficient (Wildman–Crippen LogP) is 1.96. The number of hydrogen-bond donors (Lipinski definition) is 1. The molecule has 0 bridgehead atoms. The van der Waals surface area contributed by atoms with E-state index in [4.69, 9.17) is 16.7 Å². The Morgan fingerprint density at radius 1 is 1.62 bits per heavy atom. The number of carbonyl (C=O) groups is 1. The fourth-order valence-corrected chi connectivity index (χ4v) is 1.80. The quantitative estimate of drug-likeness (QED) is 0.889. The fourth-order valence-electron chi connectivity index (χ4n) is 1.62. The van der Waals surface area contributed by atoms with E-state index in [0.29, 0.717) is 16.5 Å². The molecular weight excluding hydrogens is 230 g/mol. The Bertz CT molecular complexity index is 538. The van der Waals surface area contributed by atoms with E-state index in [2.05, 4.69) is 9.97 Å². The van der Waals surface area contributed by atoms with Gasteiger partial charge in [0.1, 0.15) is 5.15 Å². The van der Waals surface area contributed by atoms with E-state index in [9.17, 15) is 4.79 Å². The molecule has 0 saturated carbocycles. The summed E-state index contributed by atoms with van der Waals surface area (Å²) >= 11 is 5.91. The van der Waals surface area contributed by atoms with Crippen LogP contribution in [0.5, 0.6) is 0 Å². The Kier molecular flexibility index (Phi) is 2.78. The van der Waals surface area contributed by atoms with Crippen LogP contribution in [0.1, 0.15) is 25.0 Å². The van der Waals surface area contributed by atoms with Gasteiger partial charge in [-0.3, -0.25) is 14.2 Å². The van der Waals surface area contributed by atoms with Gasteiger partial charge in [-0.05, 0) is 0 Å². The third-order valence-corrected chi connectivity index (χ3v) is 2.64. The Labute approximate surface area is 96.7 Å². The summed E-state index contributed by atoms with van der Waals surface area (Å²) in [4.78, 5) is 18.9. The van der Waals surface area contributed by atoms with Crippen LogP contribution in [0, 0.1) is 0 Å². The number of hydrogen-bond acceptors (Lipinski definition) is 3. The van der Waals surface area contributed by atoms with E-state index in [1.165, 1.54) is 6.20 Å². The number of carboxylic acids is 1. The number of nitrogens with zero attached hydrogens (tertiary/aromatic N) is 3. The highest BCUT2D eigenvalue weighted by Crippen LogP contribution is 2.22. The summed E-state index contributed by atoms with van der Waals surface area (Å²) in [5, 5.41) is 9.23. The van der Waals surface area contributed by atoms with Crippen LogP contribution in [0.25, 0.3) is 5.65 Å². The standard InChI is InChI=1S/C10H10ClN3O2/c1-6(4-8(15)16)9-10-13-5-7(11)14(10)3-2-12-9/h2-3,5-6H,4H2,1H3,(H,15,16). The normalized spacial score (nSPS) is 12.9. The monoisotopic (exact) mass is 239 g/mol. The van der Waals surface area contributed by atoms with E-state index in [1.807, 2.05) is 0 Å². The second kappa shape index (κ2) is 4.09. The molecule has 0 aliphatic heterocycles. The molecule has 2 heterocycles. The lowest BCUT2D eigenvalue weighted by molar-refractivity contribution is -0.137. The van der Waals surface area contributed by atoms with Gasteiger partial charge in [0.25, 0.3) is 0 Å². The number of imidazole rings is 1. The van der Waals surface area contributed by atoms with Crippen molar-refractivity contribution in [2.24, 2.45) is 0 Å². The first-order valence-corrected chi connectivity index (χ1v) is 5.16. The highest BCUT2D eigenvalue weighted by atomic mass is 35.5. The lowest BCUT2D eigenvalue weighted by Crippen LogP contribution is -2.06. The van der Waals surface area contributed by atoms with E-state index in [-0.39, 0.29) is 12.3 Å². The molecule has 1 atom stereocenters. The molecule has 1 unspecified atom stereocenters. The first-order valence-electron chi connectivity index (χ1n) is 4.79. The van der Waals surface area contributed by atoms with Crippen molar-refractivity contribution in [2.75, 3.05) is 0 Å². The molecule has 1 N–H and O–H groups in total. The van der Waals surface area contributed by atoms with Gasteiger partial charge in [0.2, 0.25) is 0 Å². The molecule has 2 aromatic heterocycles. The van der Waals surface area contributed by atoms with Crippen LogP contribution in [-0.4, -0.2) is 25.4 Å². The van der Waals surface area contributed by atoms with Crippen molar-refractivity contribution >= 4 is 23.2 Å². The molecule has 6 heteroatoms. The molecule has 0 aromatic carbocycles. The van der Waals surface area contributed by atoms with Gasteiger partial charge in [0.15, 0.2) is 5.65 Å². The van der Waals surface area contributed by atoms with Crippen LogP contribution in [0.3, 0.4) is 0 Å². The SMILES string of the molecule is CC(CC(=O)O)c1nccn2c(Cl)cnc12. The Morgan fingerprint density at radius 3 is 3.06 bits per heavy atom. The van der Waals surface area contributed by atoms with Crippen molar-refractivity contribution in [1.29, 1.82) is 0 Å². The minimum absolute atomic E-state index is 0.0250. The van der Waals surface area contributed by atoms with E-state index in [0.717, 1.165) is 0 Å². The molecular formula is C10H10ClN3O2. The number of halogens is 1. The summed E-state index contributed by atoms with van der Waals surface area (Å²) in [6, 6.07) is 0. The molecule has 0 fully saturated rings. The molecule has 0 aliphatic rings. The summed E-state index contributed by atoms with van der Waals surface area (Å²) in [6.07, 6.45) is 4.84. The minimum Gasteiger partial charge on any atom is -0.481 e. The summed E-state index contributed by atoms with van der Waals surface area (Å²) in [6.45, 7) is 1.80. The number of rotatable bonds is 3. The van der Waals surface area contributed by atoms with Crippen LogP contribution in [-0.2, 0) is 4.79 Å². The number of fused-ring (bicyclic) bond motifs is 1. The maximum atomic E-state index is 10.6. The lowest BCUT2D eigenvalue weighted by Gasteiger charge is -2.08. The van der Waals surface area contributed by atoms with Crippen molar-refractivity contribution in [1.82, 2.24) is 14.4 Å². The predicted molar refractivity (Wildman–Crippen MR) is 58.7 cm³/mol. The summed E-state index contributed by atoms with van der Waals surface area (Å²) in [7, 11) is 0. The van der Waals surface area contributed by atoms with Crippen LogP contribution in [0.2, 0.25) is 5.15 Å². The van der Waals surface area contributed by atoms with Gasteiger partial charge < -0.3 is 5.11 Å². The molecule has 2 aromatic rings. The van der Waals surface area contributed by atoms with Gasteiger partial charge in [-0.15, -0.1) is 0 Å². The molecule has 16 heavy (non-hydrogen) atoms. The minimum atomic E-state index is -0.853. The zero-order valence-electron chi connectivity index (χ0n) is 8.59. The molecule has 2 rings (SSSR count). The zero-order chi connectivity index (χ0) is 11.7. The molecule has 0 saturated heterocycles. The van der Waals surface area contributed by atoms with Crippen molar-refractivity contribution < 1.29 is 9.90 Å². The van der Waals surface area contributed by atoms with Gasteiger partial charge in [-0.25, -0.2) is 4.98 Å². The van der Waals surface area contributed by atoms with Gasteiger partial charge in [-0.2, -0.15) is 0 Å². The zero-order valence-corrected chi connectivity index (χ0v) is 9.35.